The van der Waals surface area contributed by atoms with Crippen LogP contribution in [0, 0.1) is 17.1 Å². The molecular formula is C21H21BrF2N2O2S. The average Bonchev–Trinajstić information content (AvgIpc) is 2.67. The van der Waals surface area contributed by atoms with Gasteiger partial charge in [0.2, 0.25) is 0 Å². The fraction of sp³-hybridized carbons (Fsp3) is 0.286. The van der Waals surface area contributed by atoms with Gasteiger partial charge in [0, 0.05) is 16.5 Å². The average molecular weight is 483 g/mol. The summed E-state index contributed by atoms with van der Waals surface area (Å²) in [6.07, 6.45) is 2.71. The maximum Gasteiger partial charge on any atom is 0.189 e. The summed E-state index contributed by atoms with van der Waals surface area (Å²) in [5.74, 6) is -1.47. The molecule has 2 aromatic rings. The molecule has 0 saturated heterocycles. The Morgan fingerprint density at radius 1 is 1.24 bits per heavy atom. The largest absolute Gasteiger partial charge is 0.321 e. The van der Waals surface area contributed by atoms with Gasteiger partial charge in [-0.2, -0.15) is 5.26 Å². The predicted molar refractivity (Wildman–Crippen MR) is 114 cm³/mol. The molecule has 0 amide bonds. The Morgan fingerprint density at radius 2 is 1.90 bits per heavy atom. The van der Waals surface area contributed by atoms with E-state index in [1.165, 1.54) is 25.1 Å². The van der Waals surface area contributed by atoms with Crippen molar-refractivity contribution in [1.29, 1.82) is 5.26 Å². The third-order valence-corrected chi connectivity index (χ3v) is 7.64. The van der Waals surface area contributed by atoms with Crippen LogP contribution in [0.25, 0.3) is 6.08 Å². The minimum atomic E-state index is -4.37. The molecule has 2 aromatic carbocycles. The highest BCUT2D eigenvalue weighted by Gasteiger charge is 2.47. The zero-order chi connectivity index (χ0) is 21.7. The van der Waals surface area contributed by atoms with Gasteiger partial charge in [-0.3, -0.25) is 0 Å². The van der Waals surface area contributed by atoms with E-state index in [4.69, 9.17) is 5.73 Å². The second-order valence-electron chi connectivity index (χ2n) is 7.06. The summed E-state index contributed by atoms with van der Waals surface area (Å²) in [6, 6.07) is 14.6. The number of nitrogens with two attached hydrogens (primary N) is 1. The van der Waals surface area contributed by atoms with Crippen molar-refractivity contribution < 1.29 is 17.2 Å². The fourth-order valence-electron chi connectivity index (χ4n) is 2.91. The molecule has 2 rings (SSSR count). The first-order valence-electron chi connectivity index (χ1n) is 8.72. The van der Waals surface area contributed by atoms with Gasteiger partial charge >= 0.3 is 0 Å². The van der Waals surface area contributed by atoms with Crippen molar-refractivity contribution >= 4 is 31.8 Å². The van der Waals surface area contributed by atoms with Gasteiger partial charge < -0.3 is 5.73 Å². The summed E-state index contributed by atoms with van der Waals surface area (Å²) < 4.78 is 52.4. The van der Waals surface area contributed by atoms with Gasteiger partial charge in [0.15, 0.2) is 14.6 Å². The van der Waals surface area contributed by atoms with Gasteiger partial charge in [0.25, 0.3) is 0 Å². The van der Waals surface area contributed by atoms with Crippen molar-refractivity contribution in [1.82, 2.24) is 0 Å². The molecule has 4 nitrogen and oxygen atoms in total. The predicted octanol–water partition coefficient (Wildman–Crippen LogP) is 4.51. The smallest absolute Gasteiger partial charge is 0.189 e. The summed E-state index contributed by atoms with van der Waals surface area (Å²) in [7, 11) is -4.37. The van der Waals surface area contributed by atoms with E-state index in [0.717, 1.165) is 11.6 Å². The van der Waals surface area contributed by atoms with Crippen LogP contribution >= 0.6 is 15.9 Å². The summed E-state index contributed by atoms with van der Waals surface area (Å²) in [5, 5.41) is 9.55. The maximum atomic E-state index is 14.2. The van der Waals surface area contributed by atoms with Crippen molar-refractivity contribution in [3.8, 4) is 6.07 Å². The molecule has 0 bridgehead atoms. The molecule has 0 radical (unpaired) electrons. The van der Waals surface area contributed by atoms with E-state index in [1.807, 2.05) is 6.07 Å². The van der Waals surface area contributed by atoms with Crippen molar-refractivity contribution in [2.75, 3.05) is 12.4 Å². The summed E-state index contributed by atoms with van der Waals surface area (Å²) in [6.45, 7) is -0.0579. The molecule has 2 N–H and O–H groups in total. The number of nitriles is 1. The van der Waals surface area contributed by atoms with Gasteiger partial charge in [-0.05, 0) is 30.7 Å². The highest BCUT2D eigenvalue weighted by atomic mass is 79.9. The number of benzene rings is 2. The minimum absolute atomic E-state index is 0.0408. The lowest BCUT2D eigenvalue weighted by molar-refractivity contribution is 0.415. The number of alkyl halides is 1. The number of hydrogen-bond donors (Lipinski definition) is 1. The Bertz CT molecular complexity index is 1030. The highest BCUT2D eigenvalue weighted by Crippen LogP contribution is 2.32. The van der Waals surface area contributed by atoms with Crippen LogP contribution in [-0.4, -0.2) is 25.6 Å². The Kier molecular flexibility index (Phi) is 7.33. The van der Waals surface area contributed by atoms with Gasteiger partial charge in [-0.15, -0.1) is 0 Å². The van der Waals surface area contributed by atoms with Crippen LogP contribution in [0.2, 0.25) is 0 Å². The topological polar surface area (TPSA) is 84.0 Å². The van der Waals surface area contributed by atoms with Crippen LogP contribution in [0.1, 0.15) is 24.5 Å². The number of halogens is 3. The zero-order valence-electron chi connectivity index (χ0n) is 15.8. The first-order valence-corrected chi connectivity index (χ1v) is 11.2. The minimum Gasteiger partial charge on any atom is -0.321 e. The van der Waals surface area contributed by atoms with Gasteiger partial charge in [-0.25, -0.2) is 17.2 Å². The van der Waals surface area contributed by atoms with Crippen LogP contribution in [0.15, 0.2) is 59.1 Å². The monoisotopic (exact) mass is 482 g/mol. The van der Waals surface area contributed by atoms with E-state index < -0.39 is 38.4 Å². The molecule has 29 heavy (non-hydrogen) atoms. The molecular weight excluding hydrogens is 462 g/mol. The van der Waals surface area contributed by atoms with Crippen LogP contribution < -0.4 is 5.73 Å². The van der Waals surface area contributed by atoms with E-state index in [-0.39, 0.29) is 12.0 Å². The molecule has 0 heterocycles. The highest BCUT2D eigenvalue weighted by molar-refractivity contribution is 9.10. The normalized spacial score (nSPS) is 16.1. The number of nitrogens with zero attached hydrogens (tertiary/aromatic N) is 1. The van der Waals surface area contributed by atoms with E-state index >= 15 is 0 Å². The first-order chi connectivity index (χ1) is 13.6. The third kappa shape index (κ3) is 5.30. The number of sulfone groups is 1. The first kappa shape index (κ1) is 23.2. The Morgan fingerprint density at radius 3 is 2.48 bits per heavy atom. The molecule has 2 atom stereocenters. The van der Waals surface area contributed by atoms with Crippen LogP contribution in [0.5, 0.6) is 0 Å². The summed E-state index contributed by atoms with van der Waals surface area (Å²) in [5.41, 5.74) is 5.22. The molecule has 0 saturated carbocycles. The number of rotatable bonds is 8. The fourth-order valence-corrected chi connectivity index (χ4v) is 5.14. The zero-order valence-corrected chi connectivity index (χ0v) is 18.2. The van der Waals surface area contributed by atoms with Gasteiger partial charge in [0.05, 0.1) is 17.4 Å². The second kappa shape index (κ2) is 9.16. The van der Waals surface area contributed by atoms with Crippen LogP contribution in [0.4, 0.5) is 8.78 Å². The van der Waals surface area contributed by atoms with Gasteiger partial charge in [0.1, 0.15) is 12.5 Å². The summed E-state index contributed by atoms with van der Waals surface area (Å²) in [4.78, 5) is 0. The molecule has 154 valence electrons. The Hall–Kier alpha value is -2.08. The van der Waals surface area contributed by atoms with Crippen molar-refractivity contribution in [2.24, 2.45) is 5.73 Å². The SMILES string of the molecule is CC(N)(CS(=O)(=O)C(C#N)(CF)C/C=C/c1ccccc1)c1cc(Br)ccc1F. The lowest BCUT2D eigenvalue weighted by atomic mass is 9.95. The molecule has 0 aliphatic carbocycles. The molecule has 2 unspecified atom stereocenters. The molecule has 8 heteroatoms. The van der Waals surface area contributed by atoms with Gasteiger partial charge in [-0.1, -0.05) is 58.4 Å². The third-order valence-electron chi connectivity index (χ3n) is 4.61. The molecule has 0 aromatic heterocycles. The van der Waals surface area contributed by atoms with Crippen LogP contribution in [-0.2, 0) is 15.4 Å². The van der Waals surface area contributed by atoms with E-state index in [2.05, 4.69) is 15.9 Å². The number of allylic oxidation sites excluding steroid dienone is 1. The Balaban J connectivity index is 2.34. The quantitative estimate of drug-likeness (QED) is 0.599. The van der Waals surface area contributed by atoms with Crippen molar-refractivity contribution in [3.63, 3.8) is 0 Å². The molecule has 0 fully saturated rings. The Labute approximate surface area is 178 Å². The van der Waals surface area contributed by atoms with E-state index in [9.17, 15) is 22.5 Å². The molecule has 0 spiro atoms. The summed E-state index contributed by atoms with van der Waals surface area (Å²) >= 11 is 3.20. The van der Waals surface area contributed by atoms with Crippen LogP contribution in [0.3, 0.4) is 0 Å². The lowest BCUT2D eigenvalue weighted by Gasteiger charge is -2.30. The van der Waals surface area contributed by atoms with E-state index in [0.29, 0.717) is 4.47 Å². The molecule has 0 aliphatic heterocycles. The lowest BCUT2D eigenvalue weighted by Crippen LogP contribution is -2.49. The molecule has 0 aliphatic rings. The van der Waals surface area contributed by atoms with E-state index in [1.54, 1.807) is 36.4 Å². The second-order valence-corrected chi connectivity index (χ2v) is 10.3. The standard InChI is InChI=1S/C21H21BrF2N2O2S/c1-20(26,18-12-17(22)9-10-19(18)24)15-29(27,28)21(13-23,14-25)11-5-8-16-6-3-2-4-7-16/h2-10,12H,11,13,15,26H2,1H3/b8-5+. The van der Waals surface area contributed by atoms with Crippen molar-refractivity contribution in [3.05, 3.63) is 76.0 Å². The number of hydrogen-bond acceptors (Lipinski definition) is 4. The maximum absolute atomic E-state index is 14.2. The van der Waals surface area contributed by atoms with Crippen molar-refractivity contribution in [2.45, 2.75) is 23.6 Å².